The van der Waals surface area contributed by atoms with E-state index in [1.165, 1.54) is 88.1 Å². The van der Waals surface area contributed by atoms with Crippen LogP contribution in [-0.2, 0) is 12.8 Å². The van der Waals surface area contributed by atoms with Gasteiger partial charge in [0.2, 0.25) is 23.1 Å². The summed E-state index contributed by atoms with van der Waals surface area (Å²) < 4.78 is 13.9. The average Bonchev–Trinajstić information content (AvgIpc) is 3.85. The van der Waals surface area contributed by atoms with E-state index in [1.54, 1.807) is 0 Å². The molecule has 12 rings (SSSR count). The SMILES string of the molecule is C=C1C2C(CCc3cc4c(cc3-c3cc(CC(C)(C)C)cc[n+]31)c1cccc3c5c6c(ccc5n4c13)oc1ccccc16)c1ccccc1-c1cccc[n+]12. The van der Waals surface area contributed by atoms with Gasteiger partial charge >= 0.3 is 0 Å². The first kappa shape index (κ1) is 31.1. The van der Waals surface area contributed by atoms with Crippen LogP contribution in [0.15, 0.2) is 145 Å². The highest BCUT2D eigenvalue weighted by Crippen LogP contribution is 2.48. The van der Waals surface area contributed by atoms with E-state index in [4.69, 9.17) is 11.0 Å². The van der Waals surface area contributed by atoms with Gasteiger partial charge in [0.25, 0.3) is 0 Å². The molecule has 4 nitrogen and oxygen atoms in total. The van der Waals surface area contributed by atoms with E-state index in [0.717, 1.165) is 36.1 Å². The fourth-order valence-electron chi connectivity index (χ4n) is 10.5. The van der Waals surface area contributed by atoms with Crippen molar-refractivity contribution in [3.05, 3.63) is 157 Å². The van der Waals surface area contributed by atoms with Gasteiger partial charge in [-0.2, -0.15) is 9.13 Å². The minimum absolute atomic E-state index is 0.0745. The second kappa shape index (κ2) is 10.9. The van der Waals surface area contributed by atoms with Crippen molar-refractivity contribution in [3.8, 4) is 22.5 Å². The number of aryl methyl sites for hydroxylation is 1. The van der Waals surface area contributed by atoms with E-state index in [-0.39, 0.29) is 17.4 Å². The van der Waals surface area contributed by atoms with Gasteiger partial charge in [0, 0.05) is 62.1 Å². The summed E-state index contributed by atoms with van der Waals surface area (Å²) in [7, 11) is 0. The Hall–Kier alpha value is -6.26. The van der Waals surface area contributed by atoms with Crippen molar-refractivity contribution in [1.29, 1.82) is 0 Å². The maximum absolute atomic E-state index is 6.40. The molecule has 0 spiro atoms. The van der Waals surface area contributed by atoms with E-state index in [2.05, 4.69) is 168 Å². The molecule has 5 aromatic heterocycles. The monoisotopic (exact) mass is 711 g/mol. The van der Waals surface area contributed by atoms with Crippen LogP contribution in [-0.4, -0.2) is 4.40 Å². The van der Waals surface area contributed by atoms with Crippen LogP contribution in [0, 0.1) is 5.41 Å². The Labute approximate surface area is 319 Å². The highest BCUT2D eigenvalue weighted by Gasteiger charge is 2.46. The van der Waals surface area contributed by atoms with Crippen LogP contribution >= 0.6 is 0 Å². The molecule has 0 bridgehead atoms. The molecular formula is C51H41N3O+2. The maximum atomic E-state index is 6.40. The molecule has 0 fully saturated rings. The topological polar surface area (TPSA) is 25.3 Å². The number of hydrogen-bond acceptors (Lipinski definition) is 1. The number of furan rings is 1. The lowest BCUT2D eigenvalue weighted by Gasteiger charge is -2.29. The molecule has 0 amide bonds. The molecule has 5 aromatic carbocycles. The molecule has 55 heavy (non-hydrogen) atoms. The summed E-state index contributed by atoms with van der Waals surface area (Å²) >= 11 is 0. The zero-order chi connectivity index (χ0) is 36.7. The molecule has 0 aliphatic carbocycles. The van der Waals surface area contributed by atoms with Crippen molar-refractivity contribution in [3.63, 3.8) is 0 Å². The Bertz CT molecular complexity index is 3260. The van der Waals surface area contributed by atoms with Crippen LogP contribution in [0.25, 0.3) is 88.2 Å². The Morgan fingerprint density at radius 3 is 2.42 bits per heavy atom. The molecule has 0 radical (unpaired) electrons. The van der Waals surface area contributed by atoms with E-state index in [0.29, 0.717) is 0 Å². The van der Waals surface area contributed by atoms with Crippen molar-refractivity contribution >= 4 is 65.7 Å². The molecule has 2 unspecified atom stereocenters. The highest BCUT2D eigenvalue weighted by atomic mass is 16.3. The van der Waals surface area contributed by atoms with Gasteiger partial charge in [0.15, 0.2) is 12.4 Å². The molecule has 7 heterocycles. The van der Waals surface area contributed by atoms with Crippen LogP contribution < -0.4 is 9.13 Å². The van der Waals surface area contributed by atoms with E-state index in [9.17, 15) is 0 Å². The Morgan fingerprint density at radius 1 is 0.691 bits per heavy atom. The zero-order valence-electron chi connectivity index (χ0n) is 31.4. The zero-order valence-corrected chi connectivity index (χ0v) is 31.4. The van der Waals surface area contributed by atoms with E-state index >= 15 is 0 Å². The Balaban J connectivity index is 1.16. The quantitative estimate of drug-likeness (QED) is 0.156. The first-order valence-electron chi connectivity index (χ1n) is 19.7. The summed E-state index contributed by atoms with van der Waals surface area (Å²) in [5.41, 5.74) is 16.2. The lowest BCUT2D eigenvalue weighted by atomic mass is 9.78. The summed E-state index contributed by atoms with van der Waals surface area (Å²) in [5.74, 6) is 0.261. The molecule has 264 valence electrons. The number of allylic oxidation sites excluding steroid dienone is 1. The summed E-state index contributed by atoms with van der Waals surface area (Å²) in [6.45, 7) is 12.0. The summed E-state index contributed by atoms with van der Waals surface area (Å²) in [6, 6.07) is 45.3. The molecule has 2 aliphatic rings. The van der Waals surface area contributed by atoms with Gasteiger partial charge in [0.05, 0.1) is 28.0 Å². The standard InChI is InChI=1S/C51H41N3O/c1-30-49-36(33-12-5-6-13-34(33)41-17-9-10-24-53(41)49)20-19-32-27-44-40(28-39(32)43-26-31(23-25-52(30)43)29-51(2,3)4)35-15-11-16-38-47-42(54(44)50(35)38)21-22-46-48(47)37-14-7-8-18-45(37)55-46/h5-18,21-28,36,49H,1,19-20,29H2,2-4H3/q+2. The number of hydrogen-bond donors (Lipinski definition) is 0. The lowest BCUT2D eigenvalue weighted by Crippen LogP contribution is -2.53. The van der Waals surface area contributed by atoms with E-state index in [1.807, 2.05) is 0 Å². The molecule has 0 N–H and O–H groups in total. The summed E-state index contributed by atoms with van der Waals surface area (Å²) in [5, 5.41) is 7.50. The van der Waals surface area contributed by atoms with Gasteiger partial charge in [-0.3, -0.25) is 0 Å². The molecule has 4 heteroatoms. The first-order chi connectivity index (χ1) is 26.8. The Kier molecular flexibility index (Phi) is 6.18. The highest BCUT2D eigenvalue weighted by molar-refractivity contribution is 6.32. The Morgan fingerprint density at radius 2 is 1.51 bits per heavy atom. The smallest absolute Gasteiger partial charge is 0.249 e. The third kappa shape index (κ3) is 4.28. The van der Waals surface area contributed by atoms with Gasteiger partial charge in [-0.1, -0.05) is 75.4 Å². The van der Waals surface area contributed by atoms with Gasteiger partial charge in [0.1, 0.15) is 11.2 Å². The number of fused-ring (bicyclic) bond motifs is 19. The van der Waals surface area contributed by atoms with Crippen LogP contribution in [0.4, 0.5) is 0 Å². The fourth-order valence-corrected chi connectivity index (χ4v) is 10.5. The predicted molar refractivity (Wildman–Crippen MR) is 225 cm³/mol. The molecule has 0 saturated heterocycles. The number of pyridine rings is 2. The summed E-state index contributed by atoms with van der Waals surface area (Å²) in [6.07, 6.45) is 7.53. The van der Waals surface area contributed by atoms with Crippen molar-refractivity contribution in [1.82, 2.24) is 4.40 Å². The minimum atomic E-state index is 0.0745. The van der Waals surface area contributed by atoms with Gasteiger partial charge < -0.3 is 8.82 Å². The maximum Gasteiger partial charge on any atom is 0.249 e. The van der Waals surface area contributed by atoms with Crippen molar-refractivity contribution < 1.29 is 13.6 Å². The molecule has 0 saturated carbocycles. The number of benzene rings is 5. The number of rotatable bonds is 1. The van der Waals surface area contributed by atoms with Gasteiger partial charge in [-0.05, 0) is 90.4 Å². The lowest BCUT2D eigenvalue weighted by molar-refractivity contribution is -0.727. The molecule has 2 atom stereocenters. The van der Waals surface area contributed by atoms with Crippen LogP contribution in [0.2, 0.25) is 0 Å². The second-order valence-electron chi connectivity index (χ2n) is 17.2. The van der Waals surface area contributed by atoms with Crippen LogP contribution in [0.5, 0.6) is 0 Å². The van der Waals surface area contributed by atoms with Crippen molar-refractivity contribution in [2.75, 3.05) is 0 Å². The van der Waals surface area contributed by atoms with Crippen LogP contribution in [0.1, 0.15) is 55.8 Å². The third-order valence-electron chi connectivity index (χ3n) is 12.7. The third-order valence-corrected chi connectivity index (χ3v) is 12.7. The molecular weight excluding hydrogens is 671 g/mol. The fraction of sp³-hybridized carbons (Fsp3) is 0.176. The predicted octanol–water partition coefficient (Wildman–Crippen LogP) is 12.0. The van der Waals surface area contributed by atoms with Crippen molar-refractivity contribution in [2.45, 2.75) is 52.0 Å². The van der Waals surface area contributed by atoms with Gasteiger partial charge in [-0.25, -0.2) is 0 Å². The average molecular weight is 712 g/mol. The molecule has 2 aliphatic heterocycles. The first-order valence-corrected chi connectivity index (χ1v) is 19.7. The number of aromatic nitrogens is 3. The second-order valence-corrected chi connectivity index (χ2v) is 17.2. The largest absolute Gasteiger partial charge is 0.456 e. The normalized spacial score (nSPS) is 17.0. The van der Waals surface area contributed by atoms with E-state index < -0.39 is 0 Å². The van der Waals surface area contributed by atoms with Gasteiger partial charge in [-0.15, -0.1) is 0 Å². The summed E-state index contributed by atoms with van der Waals surface area (Å²) in [4.78, 5) is 0. The number of para-hydroxylation sites is 2. The number of nitrogens with zero attached hydrogens (tertiary/aromatic N) is 3. The minimum Gasteiger partial charge on any atom is -0.456 e. The van der Waals surface area contributed by atoms with Crippen molar-refractivity contribution in [2.24, 2.45) is 5.41 Å². The molecule has 10 aromatic rings. The van der Waals surface area contributed by atoms with Crippen LogP contribution in [0.3, 0.4) is 0 Å².